The predicted octanol–water partition coefficient (Wildman–Crippen LogP) is 1.11. The van der Waals surface area contributed by atoms with Crippen molar-refractivity contribution in [3.63, 3.8) is 0 Å². The average molecular weight is 283 g/mol. The Morgan fingerprint density at radius 2 is 2.32 bits per heavy atom. The number of likely N-dealkylation sites (N-methyl/N-ethyl adjacent to an activating group) is 1. The fourth-order valence-corrected chi connectivity index (χ4v) is 3.05. The van der Waals surface area contributed by atoms with E-state index < -0.39 is 5.97 Å². The molecule has 2 rings (SSSR count). The van der Waals surface area contributed by atoms with Gasteiger partial charge in [-0.05, 0) is 33.4 Å². The minimum Gasteiger partial charge on any atom is -0.481 e. The number of nitrogens with zero attached hydrogens (tertiary/aromatic N) is 2. The van der Waals surface area contributed by atoms with Crippen LogP contribution in [0.25, 0.3) is 0 Å². The van der Waals surface area contributed by atoms with Crippen molar-refractivity contribution in [3.8, 4) is 0 Å². The van der Waals surface area contributed by atoms with Gasteiger partial charge in [-0.2, -0.15) is 0 Å². The Morgan fingerprint density at radius 3 is 2.89 bits per heavy atom. The van der Waals surface area contributed by atoms with Gasteiger partial charge in [0.1, 0.15) is 0 Å². The number of carboxylic acid groups (broad SMARTS) is 1. The maximum atomic E-state index is 12.1. The van der Waals surface area contributed by atoms with Crippen molar-refractivity contribution in [1.29, 1.82) is 0 Å². The number of rotatable bonds is 4. The van der Waals surface area contributed by atoms with Crippen molar-refractivity contribution in [1.82, 2.24) is 9.88 Å². The molecule has 2 N–H and O–H groups in total. The summed E-state index contributed by atoms with van der Waals surface area (Å²) >= 11 is 1.32. The number of hydrogen-bond acceptors (Lipinski definition) is 5. The van der Waals surface area contributed by atoms with Gasteiger partial charge in [0, 0.05) is 4.88 Å². The summed E-state index contributed by atoms with van der Waals surface area (Å²) in [4.78, 5) is 29.8. The lowest BCUT2D eigenvalue weighted by atomic mass is 10.2. The zero-order valence-electron chi connectivity index (χ0n) is 11.0. The van der Waals surface area contributed by atoms with Crippen LogP contribution in [0.4, 0.5) is 5.13 Å². The largest absolute Gasteiger partial charge is 0.481 e. The molecule has 1 fully saturated rings. The number of aliphatic carboxylic acids is 1. The molecule has 0 radical (unpaired) electrons. The van der Waals surface area contributed by atoms with E-state index in [2.05, 4.69) is 10.3 Å². The lowest BCUT2D eigenvalue weighted by Crippen LogP contribution is -2.37. The molecule has 1 aromatic rings. The van der Waals surface area contributed by atoms with Gasteiger partial charge in [-0.25, -0.2) is 4.98 Å². The van der Waals surface area contributed by atoms with Gasteiger partial charge in [-0.15, -0.1) is 11.3 Å². The smallest absolute Gasteiger partial charge is 0.309 e. The number of nitrogens with one attached hydrogen (secondary N) is 1. The molecular weight excluding hydrogens is 266 g/mol. The fourth-order valence-electron chi connectivity index (χ4n) is 2.22. The first-order valence-corrected chi connectivity index (χ1v) is 6.98. The number of carbonyl (C=O) groups is 2. The number of carbonyl (C=O) groups excluding carboxylic acids is 1. The van der Waals surface area contributed by atoms with Gasteiger partial charge in [0.15, 0.2) is 5.13 Å². The van der Waals surface area contributed by atoms with Gasteiger partial charge in [-0.1, -0.05) is 0 Å². The van der Waals surface area contributed by atoms with Crippen molar-refractivity contribution in [2.24, 2.45) is 0 Å². The molecule has 1 aliphatic rings. The van der Waals surface area contributed by atoms with Gasteiger partial charge >= 0.3 is 5.97 Å². The first-order chi connectivity index (χ1) is 8.97. The van der Waals surface area contributed by atoms with Crippen molar-refractivity contribution >= 4 is 28.3 Å². The molecule has 0 aromatic carbocycles. The lowest BCUT2D eigenvalue weighted by Gasteiger charge is -2.17. The minimum absolute atomic E-state index is 0.0596. The van der Waals surface area contributed by atoms with E-state index in [1.54, 1.807) is 0 Å². The van der Waals surface area contributed by atoms with Crippen LogP contribution < -0.4 is 5.32 Å². The van der Waals surface area contributed by atoms with Crippen LogP contribution in [-0.2, 0) is 16.0 Å². The number of thiazole rings is 1. The molecule has 0 saturated carbocycles. The Labute approximate surface area is 115 Å². The zero-order valence-corrected chi connectivity index (χ0v) is 11.8. The molecule has 6 nitrogen and oxygen atoms in total. The van der Waals surface area contributed by atoms with Gasteiger partial charge in [0.05, 0.1) is 18.2 Å². The standard InChI is InChI=1S/C12H17N3O3S/c1-7-8(6-10(16)17)13-12(19-7)14-11(18)9-4-3-5-15(9)2/h9H,3-6H2,1-2H3,(H,16,17)(H,13,14,18). The molecule has 2 heterocycles. The predicted molar refractivity (Wildman–Crippen MR) is 72.5 cm³/mol. The van der Waals surface area contributed by atoms with Crippen molar-refractivity contribution in [3.05, 3.63) is 10.6 Å². The normalized spacial score (nSPS) is 19.6. The van der Waals surface area contributed by atoms with Crippen molar-refractivity contribution < 1.29 is 14.7 Å². The monoisotopic (exact) mass is 283 g/mol. The van der Waals surface area contributed by atoms with Gasteiger partial charge in [0.2, 0.25) is 5.91 Å². The van der Waals surface area contributed by atoms with Crippen LogP contribution in [0.5, 0.6) is 0 Å². The molecule has 1 amide bonds. The van der Waals surface area contributed by atoms with Crippen LogP contribution in [0.1, 0.15) is 23.4 Å². The van der Waals surface area contributed by atoms with E-state index in [1.165, 1.54) is 11.3 Å². The van der Waals surface area contributed by atoms with Crippen molar-refractivity contribution in [2.75, 3.05) is 18.9 Å². The summed E-state index contributed by atoms with van der Waals surface area (Å²) in [5.74, 6) is -0.975. The number of hydrogen-bond donors (Lipinski definition) is 2. The summed E-state index contributed by atoms with van der Waals surface area (Å²) in [5, 5.41) is 12.0. The van der Waals surface area contributed by atoms with Crippen LogP contribution in [0.3, 0.4) is 0 Å². The maximum absolute atomic E-state index is 12.1. The second-order valence-electron chi connectivity index (χ2n) is 4.72. The summed E-state index contributed by atoms with van der Waals surface area (Å²) in [6.07, 6.45) is 1.77. The number of anilines is 1. The van der Waals surface area contributed by atoms with Crippen LogP contribution in [-0.4, -0.2) is 46.5 Å². The molecular formula is C12H17N3O3S. The third-order valence-electron chi connectivity index (χ3n) is 3.26. The summed E-state index contributed by atoms with van der Waals surface area (Å²) in [5.41, 5.74) is 0.521. The third-order valence-corrected chi connectivity index (χ3v) is 4.19. The molecule has 7 heteroatoms. The Balaban J connectivity index is 2.03. The van der Waals surface area contributed by atoms with E-state index in [1.807, 2.05) is 18.9 Å². The summed E-state index contributed by atoms with van der Waals surface area (Å²) < 4.78 is 0. The molecule has 19 heavy (non-hydrogen) atoms. The van der Waals surface area contributed by atoms with Gasteiger partial charge in [0.25, 0.3) is 0 Å². The van der Waals surface area contributed by atoms with E-state index in [-0.39, 0.29) is 18.4 Å². The van der Waals surface area contributed by atoms with Crippen LogP contribution in [0, 0.1) is 6.92 Å². The SMILES string of the molecule is Cc1sc(NC(=O)C2CCCN2C)nc1CC(=O)O. The highest BCUT2D eigenvalue weighted by atomic mass is 32.1. The molecule has 1 unspecified atom stereocenters. The van der Waals surface area contributed by atoms with E-state index in [9.17, 15) is 9.59 Å². The molecule has 0 aliphatic carbocycles. The van der Waals surface area contributed by atoms with Gasteiger partial charge in [-0.3, -0.25) is 14.5 Å². The molecule has 1 saturated heterocycles. The number of amides is 1. The molecule has 104 valence electrons. The molecule has 1 aliphatic heterocycles. The van der Waals surface area contributed by atoms with E-state index in [0.29, 0.717) is 10.8 Å². The fraction of sp³-hybridized carbons (Fsp3) is 0.583. The van der Waals surface area contributed by atoms with E-state index in [4.69, 9.17) is 5.11 Å². The topological polar surface area (TPSA) is 82.5 Å². The number of likely N-dealkylation sites (tertiary alicyclic amines) is 1. The summed E-state index contributed by atoms with van der Waals surface area (Å²) in [6, 6.07) is -0.105. The quantitative estimate of drug-likeness (QED) is 0.865. The lowest BCUT2D eigenvalue weighted by molar-refractivity contribution is -0.136. The molecule has 0 bridgehead atoms. The van der Waals surface area contributed by atoms with Crippen LogP contribution in [0.15, 0.2) is 0 Å². The Kier molecular flexibility index (Phi) is 4.16. The summed E-state index contributed by atoms with van der Waals surface area (Å²) in [6.45, 7) is 2.74. The Bertz CT molecular complexity index is 500. The molecule has 0 spiro atoms. The first kappa shape index (κ1) is 14.0. The average Bonchev–Trinajstić information content (AvgIpc) is 2.85. The second kappa shape index (κ2) is 5.66. The zero-order chi connectivity index (χ0) is 14.0. The second-order valence-corrected chi connectivity index (χ2v) is 5.92. The van der Waals surface area contributed by atoms with Crippen LogP contribution >= 0.6 is 11.3 Å². The van der Waals surface area contributed by atoms with Gasteiger partial charge < -0.3 is 10.4 Å². The first-order valence-electron chi connectivity index (χ1n) is 6.16. The number of carboxylic acids is 1. The molecule has 1 aromatic heterocycles. The highest BCUT2D eigenvalue weighted by molar-refractivity contribution is 7.15. The summed E-state index contributed by atoms with van der Waals surface area (Å²) in [7, 11) is 1.93. The highest BCUT2D eigenvalue weighted by Gasteiger charge is 2.28. The Morgan fingerprint density at radius 1 is 1.58 bits per heavy atom. The molecule has 1 atom stereocenters. The minimum atomic E-state index is -0.915. The van der Waals surface area contributed by atoms with E-state index in [0.717, 1.165) is 24.3 Å². The maximum Gasteiger partial charge on any atom is 0.309 e. The third kappa shape index (κ3) is 3.30. The highest BCUT2D eigenvalue weighted by Crippen LogP contribution is 2.24. The number of aromatic nitrogens is 1. The van der Waals surface area contributed by atoms with Crippen molar-refractivity contribution in [2.45, 2.75) is 32.2 Å². The van der Waals surface area contributed by atoms with Crippen LogP contribution in [0.2, 0.25) is 0 Å². The van der Waals surface area contributed by atoms with E-state index >= 15 is 0 Å². The number of aryl methyl sites for hydroxylation is 1. The Hall–Kier alpha value is -1.47.